The summed E-state index contributed by atoms with van der Waals surface area (Å²) in [4.78, 5) is 13.7. The van der Waals surface area contributed by atoms with Crippen molar-refractivity contribution in [2.45, 2.75) is 6.10 Å². The predicted octanol–water partition coefficient (Wildman–Crippen LogP) is 2.94. The van der Waals surface area contributed by atoms with Gasteiger partial charge in [0.25, 0.3) is 0 Å². The zero-order chi connectivity index (χ0) is 15.9. The molecule has 1 unspecified atom stereocenters. The average molecular weight is 319 g/mol. The van der Waals surface area contributed by atoms with Crippen LogP contribution in [0.1, 0.15) is 11.7 Å². The predicted molar refractivity (Wildman–Crippen MR) is 89.0 cm³/mol. The van der Waals surface area contributed by atoms with Crippen LogP contribution in [0.5, 0.6) is 0 Å². The number of likely N-dealkylation sites (N-methyl/N-ethyl adjacent to an activating group) is 1. The molecule has 0 aliphatic carbocycles. The SMILES string of the molecule is CN(CC(=O)Nc1ccccc1)CC(O)c1cccc(Cl)c1. The largest absolute Gasteiger partial charge is 0.387 e. The Kier molecular flexibility index (Phi) is 5.95. The van der Waals surface area contributed by atoms with Gasteiger partial charge >= 0.3 is 0 Å². The quantitative estimate of drug-likeness (QED) is 0.861. The molecule has 0 radical (unpaired) electrons. The van der Waals surface area contributed by atoms with Crippen molar-refractivity contribution >= 4 is 23.2 Å². The highest BCUT2D eigenvalue weighted by molar-refractivity contribution is 6.30. The topological polar surface area (TPSA) is 52.6 Å². The molecule has 0 saturated heterocycles. The minimum absolute atomic E-state index is 0.119. The Morgan fingerprint density at radius 2 is 1.95 bits per heavy atom. The van der Waals surface area contributed by atoms with Gasteiger partial charge in [-0.1, -0.05) is 41.9 Å². The molecule has 4 nitrogen and oxygen atoms in total. The number of nitrogens with zero attached hydrogens (tertiary/aromatic N) is 1. The number of hydrogen-bond donors (Lipinski definition) is 2. The molecule has 0 aliphatic rings. The van der Waals surface area contributed by atoms with Crippen LogP contribution in [0, 0.1) is 0 Å². The van der Waals surface area contributed by atoms with Crippen LogP contribution >= 0.6 is 11.6 Å². The highest BCUT2D eigenvalue weighted by Gasteiger charge is 2.13. The van der Waals surface area contributed by atoms with Crippen LogP contribution in [-0.4, -0.2) is 36.1 Å². The van der Waals surface area contributed by atoms with Gasteiger partial charge < -0.3 is 10.4 Å². The van der Waals surface area contributed by atoms with Gasteiger partial charge in [0.2, 0.25) is 5.91 Å². The molecule has 2 N–H and O–H groups in total. The van der Waals surface area contributed by atoms with E-state index in [9.17, 15) is 9.90 Å². The van der Waals surface area contributed by atoms with Crippen molar-refractivity contribution < 1.29 is 9.90 Å². The summed E-state index contributed by atoms with van der Waals surface area (Å²) in [7, 11) is 1.79. The van der Waals surface area contributed by atoms with E-state index in [-0.39, 0.29) is 12.5 Å². The van der Waals surface area contributed by atoms with E-state index in [4.69, 9.17) is 11.6 Å². The zero-order valence-corrected chi connectivity index (χ0v) is 13.1. The molecule has 5 heteroatoms. The van der Waals surface area contributed by atoms with Gasteiger partial charge in [-0.15, -0.1) is 0 Å². The minimum atomic E-state index is -0.687. The van der Waals surface area contributed by atoms with Gasteiger partial charge in [0.1, 0.15) is 0 Å². The van der Waals surface area contributed by atoms with Crippen LogP contribution < -0.4 is 5.32 Å². The fourth-order valence-electron chi connectivity index (χ4n) is 2.15. The number of nitrogens with one attached hydrogen (secondary N) is 1. The maximum absolute atomic E-state index is 11.9. The van der Waals surface area contributed by atoms with Crippen molar-refractivity contribution in [3.63, 3.8) is 0 Å². The van der Waals surface area contributed by atoms with E-state index in [1.54, 1.807) is 30.1 Å². The number of aliphatic hydroxyl groups is 1. The minimum Gasteiger partial charge on any atom is -0.387 e. The van der Waals surface area contributed by atoms with Crippen LogP contribution in [0.3, 0.4) is 0 Å². The third kappa shape index (κ3) is 5.15. The number of carbonyl (C=O) groups excluding carboxylic acids is 1. The number of hydrogen-bond acceptors (Lipinski definition) is 3. The van der Waals surface area contributed by atoms with Gasteiger partial charge in [0, 0.05) is 17.3 Å². The molecule has 0 bridgehead atoms. The summed E-state index contributed by atoms with van der Waals surface area (Å²) in [6, 6.07) is 16.4. The fourth-order valence-corrected chi connectivity index (χ4v) is 2.34. The molecular formula is C17H19ClN2O2. The molecule has 0 spiro atoms. The number of amides is 1. The van der Waals surface area contributed by atoms with Crippen LogP contribution in [0.25, 0.3) is 0 Å². The second-order valence-electron chi connectivity index (χ2n) is 5.18. The van der Waals surface area contributed by atoms with Crippen molar-refractivity contribution in [1.29, 1.82) is 0 Å². The van der Waals surface area contributed by atoms with Gasteiger partial charge in [0.15, 0.2) is 0 Å². The summed E-state index contributed by atoms with van der Waals surface area (Å²) in [6.07, 6.45) is -0.687. The smallest absolute Gasteiger partial charge is 0.238 e. The van der Waals surface area contributed by atoms with Gasteiger partial charge in [-0.25, -0.2) is 0 Å². The van der Waals surface area contributed by atoms with E-state index in [0.29, 0.717) is 11.6 Å². The van der Waals surface area contributed by atoms with Crippen LogP contribution in [0.15, 0.2) is 54.6 Å². The lowest BCUT2D eigenvalue weighted by Crippen LogP contribution is -2.33. The van der Waals surface area contributed by atoms with Gasteiger partial charge in [-0.2, -0.15) is 0 Å². The standard InChI is InChI=1S/C17H19ClN2O2/c1-20(11-16(21)13-6-5-7-14(18)10-13)12-17(22)19-15-8-3-2-4-9-15/h2-10,16,21H,11-12H2,1H3,(H,19,22). The summed E-state index contributed by atoms with van der Waals surface area (Å²) < 4.78 is 0. The number of benzene rings is 2. The summed E-state index contributed by atoms with van der Waals surface area (Å²) >= 11 is 5.91. The fraction of sp³-hybridized carbons (Fsp3) is 0.235. The van der Waals surface area contributed by atoms with Crippen LogP contribution in [-0.2, 0) is 4.79 Å². The molecule has 22 heavy (non-hydrogen) atoms. The number of para-hydroxylation sites is 1. The Morgan fingerprint density at radius 1 is 1.23 bits per heavy atom. The van der Waals surface area contributed by atoms with Crippen molar-refractivity contribution in [3.8, 4) is 0 Å². The molecule has 0 heterocycles. The molecule has 0 fully saturated rings. The number of carbonyl (C=O) groups is 1. The van der Waals surface area contributed by atoms with Crippen LogP contribution in [0.2, 0.25) is 5.02 Å². The molecule has 0 saturated carbocycles. The van der Waals surface area contributed by atoms with Crippen molar-refractivity contribution in [2.75, 3.05) is 25.5 Å². The average Bonchev–Trinajstić information content (AvgIpc) is 2.47. The lowest BCUT2D eigenvalue weighted by atomic mass is 10.1. The van der Waals surface area contributed by atoms with Crippen molar-refractivity contribution in [3.05, 3.63) is 65.2 Å². The Labute approximate surface area is 135 Å². The van der Waals surface area contributed by atoms with Crippen LogP contribution in [0.4, 0.5) is 5.69 Å². The molecule has 1 amide bonds. The van der Waals surface area contributed by atoms with E-state index >= 15 is 0 Å². The molecule has 1 atom stereocenters. The number of rotatable bonds is 6. The number of anilines is 1. The molecule has 2 rings (SSSR count). The summed E-state index contributed by atoms with van der Waals surface area (Å²) in [5, 5.41) is 13.6. The second-order valence-corrected chi connectivity index (χ2v) is 5.62. The third-order valence-electron chi connectivity index (χ3n) is 3.19. The summed E-state index contributed by atoms with van der Waals surface area (Å²) in [6.45, 7) is 0.551. The Hall–Kier alpha value is -1.88. The normalized spacial score (nSPS) is 12.2. The highest BCUT2D eigenvalue weighted by atomic mass is 35.5. The lowest BCUT2D eigenvalue weighted by molar-refractivity contribution is -0.117. The Morgan fingerprint density at radius 3 is 2.64 bits per heavy atom. The maximum atomic E-state index is 11.9. The number of halogens is 1. The monoisotopic (exact) mass is 318 g/mol. The van der Waals surface area contributed by atoms with Gasteiger partial charge in [-0.3, -0.25) is 9.69 Å². The van der Waals surface area contributed by atoms with E-state index in [0.717, 1.165) is 11.3 Å². The first kappa shape index (κ1) is 16.5. The zero-order valence-electron chi connectivity index (χ0n) is 12.4. The maximum Gasteiger partial charge on any atom is 0.238 e. The summed E-state index contributed by atoms with van der Waals surface area (Å²) in [5.41, 5.74) is 1.50. The first-order valence-electron chi connectivity index (χ1n) is 7.01. The third-order valence-corrected chi connectivity index (χ3v) is 3.42. The molecule has 0 aliphatic heterocycles. The molecule has 2 aromatic carbocycles. The highest BCUT2D eigenvalue weighted by Crippen LogP contribution is 2.18. The lowest BCUT2D eigenvalue weighted by Gasteiger charge is -2.20. The Bertz CT molecular complexity index is 619. The van der Waals surface area contributed by atoms with Crippen molar-refractivity contribution in [1.82, 2.24) is 4.90 Å². The first-order valence-corrected chi connectivity index (χ1v) is 7.39. The first-order chi connectivity index (χ1) is 10.5. The molecule has 2 aromatic rings. The molecule has 116 valence electrons. The second kappa shape index (κ2) is 7.94. The van der Waals surface area contributed by atoms with Gasteiger partial charge in [-0.05, 0) is 36.9 Å². The summed E-state index contributed by atoms with van der Waals surface area (Å²) in [5.74, 6) is -0.119. The molecular weight excluding hydrogens is 300 g/mol. The van der Waals surface area contributed by atoms with E-state index < -0.39 is 6.10 Å². The van der Waals surface area contributed by atoms with E-state index in [1.165, 1.54) is 0 Å². The van der Waals surface area contributed by atoms with E-state index in [1.807, 2.05) is 36.4 Å². The van der Waals surface area contributed by atoms with E-state index in [2.05, 4.69) is 5.32 Å². The Balaban J connectivity index is 1.84. The number of aliphatic hydroxyl groups excluding tert-OH is 1. The van der Waals surface area contributed by atoms with Crippen molar-refractivity contribution in [2.24, 2.45) is 0 Å². The molecule has 0 aromatic heterocycles. The van der Waals surface area contributed by atoms with Gasteiger partial charge in [0.05, 0.1) is 12.6 Å².